The van der Waals surface area contributed by atoms with Crippen LogP contribution in [-0.2, 0) is 19.9 Å². The molecule has 0 amide bonds. The Kier molecular flexibility index (Phi) is 5.97. The molecular formula is C15H15F6N2O5S2+. The third-order valence-electron chi connectivity index (χ3n) is 4.10. The fraction of sp³-hybridized carbons (Fsp3) is 0.333. The monoisotopic (exact) mass is 481 g/mol. The van der Waals surface area contributed by atoms with E-state index in [1.165, 1.54) is 0 Å². The van der Waals surface area contributed by atoms with Gasteiger partial charge in [0.1, 0.15) is 35.5 Å². The highest BCUT2D eigenvalue weighted by atomic mass is 32.2. The lowest BCUT2D eigenvalue weighted by atomic mass is 10.2. The molecular weight excluding hydrogens is 466 g/mol. The molecule has 1 aromatic rings. The Morgan fingerprint density at radius 1 is 1.10 bits per heavy atom. The standard InChI is InChI=1S/C15H14F6N2O5S2/c1-2-29(25,26)23(7-3-4-10(9-23)14(16,17)18)22-12-8-11(5-6-13(12)24)30(27,28)15(19,20)21/h3-6,8-9,22H,2,7H2,1H3/p+1. The highest BCUT2D eigenvalue weighted by Gasteiger charge is 2.49. The van der Waals surface area contributed by atoms with Gasteiger partial charge in [0.25, 0.3) is 9.84 Å². The normalized spacial score (nSPS) is 20.7. The number of alkyl halides is 6. The number of halogens is 6. The summed E-state index contributed by atoms with van der Waals surface area (Å²) in [5, 5.41) is 9.91. The zero-order chi connectivity index (χ0) is 23.2. The average Bonchev–Trinajstić information content (AvgIpc) is 2.61. The van der Waals surface area contributed by atoms with Crippen molar-refractivity contribution in [2.24, 2.45) is 0 Å². The van der Waals surface area contributed by atoms with Crippen LogP contribution in [0.4, 0.5) is 32.0 Å². The third-order valence-corrected chi connectivity index (χ3v) is 7.66. The Labute approximate surface area is 167 Å². The molecule has 2 rings (SSSR count). The molecule has 0 fully saturated rings. The molecule has 0 aliphatic carbocycles. The van der Waals surface area contributed by atoms with E-state index in [1.807, 2.05) is 0 Å². The first kappa shape index (κ1) is 24.0. The fourth-order valence-corrected chi connectivity index (χ4v) is 4.58. The number of sulfone groups is 1. The first-order valence-electron chi connectivity index (χ1n) is 7.97. The van der Waals surface area contributed by atoms with Crippen LogP contribution in [0, 0.1) is 0 Å². The SMILES string of the molecule is CCS(=O)(=O)[N+]1(Nc2cc(S(=O)(=O)C(F)(F)F)ccc2O)C=C(C(F)(F)F)C=CC1. The van der Waals surface area contributed by atoms with Crippen LogP contribution in [0.2, 0.25) is 0 Å². The van der Waals surface area contributed by atoms with Crippen LogP contribution in [0.25, 0.3) is 0 Å². The molecule has 7 nitrogen and oxygen atoms in total. The summed E-state index contributed by atoms with van der Waals surface area (Å²) in [4.78, 5) is -1.34. The minimum Gasteiger partial charge on any atom is -0.506 e. The predicted octanol–water partition coefficient (Wildman–Crippen LogP) is 3.20. The van der Waals surface area contributed by atoms with Crippen molar-refractivity contribution in [3.63, 3.8) is 0 Å². The minimum atomic E-state index is -5.87. The molecule has 30 heavy (non-hydrogen) atoms. The maximum Gasteiger partial charge on any atom is 0.501 e. The molecule has 0 saturated heterocycles. The van der Waals surface area contributed by atoms with Crippen molar-refractivity contribution >= 4 is 25.5 Å². The molecule has 0 aromatic heterocycles. The van der Waals surface area contributed by atoms with Gasteiger partial charge in [-0.2, -0.15) is 34.8 Å². The number of hydrogen-bond acceptors (Lipinski definition) is 6. The van der Waals surface area contributed by atoms with Gasteiger partial charge in [-0.1, -0.05) is 4.00 Å². The summed E-state index contributed by atoms with van der Waals surface area (Å²) >= 11 is 0. The maximum atomic E-state index is 13.1. The Bertz CT molecular complexity index is 1110. The second kappa shape index (κ2) is 7.46. The summed E-state index contributed by atoms with van der Waals surface area (Å²) in [6.45, 7) is 0.506. The second-order valence-corrected chi connectivity index (χ2v) is 10.4. The van der Waals surface area contributed by atoms with Crippen molar-refractivity contribution in [3.05, 3.63) is 42.1 Å². The maximum absolute atomic E-state index is 13.1. The molecule has 0 saturated carbocycles. The van der Waals surface area contributed by atoms with Crippen LogP contribution in [0.3, 0.4) is 0 Å². The van der Waals surface area contributed by atoms with Crippen LogP contribution < -0.4 is 5.43 Å². The van der Waals surface area contributed by atoms with Crippen molar-refractivity contribution in [2.75, 3.05) is 17.7 Å². The summed E-state index contributed by atoms with van der Waals surface area (Å²) in [6.07, 6.45) is -3.18. The number of hydrogen-bond donors (Lipinski definition) is 2. The van der Waals surface area contributed by atoms with Crippen LogP contribution in [0.1, 0.15) is 6.92 Å². The topological polar surface area (TPSA) is 101 Å². The number of nitrogens with one attached hydrogen (secondary N) is 1. The predicted molar refractivity (Wildman–Crippen MR) is 92.8 cm³/mol. The lowest BCUT2D eigenvalue weighted by molar-refractivity contribution is -0.721. The van der Waals surface area contributed by atoms with Crippen molar-refractivity contribution < 1.29 is 52.3 Å². The highest BCUT2D eigenvalue weighted by molar-refractivity contribution is 7.92. The number of benzene rings is 1. The van der Waals surface area contributed by atoms with Crippen molar-refractivity contribution in [3.8, 4) is 5.75 Å². The smallest absolute Gasteiger partial charge is 0.501 e. The molecule has 1 atom stereocenters. The van der Waals surface area contributed by atoms with Gasteiger partial charge >= 0.3 is 21.7 Å². The van der Waals surface area contributed by atoms with E-state index >= 15 is 0 Å². The van der Waals surface area contributed by atoms with Crippen molar-refractivity contribution in [2.45, 2.75) is 23.5 Å². The Hall–Kier alpha value is -2.26. The van der Waals surface area contributed by atoms with Crippen LogP contribution in [0.15, 0.2) is 47.0 Å². The molecule has 15 heteroatoms. The number of aromatic hydroxyl groups is 1. The quantitative estimate of drug-likeness (QED) is 0.381. The Balaban J connectivity index is 2.69. The first-order valence-corrected chi connectivity index (χ1v) is 11.1. The minimum absolute atomic E-state index is 0.281. The van der Waals surface area contributed by atoms with Gasteiger partial charge in [0.2, 0.25) is 0 Å². The molecule has 0 radical (unpaired) electrons. The lowest BCUT2D eigenvalue weighted by Gasteiger charge is -2.34. The van der Waals surface area contributed by atoms with Gasteiger partial charge in [-0.25, -0.2) is 13.8 Å². The van der Waals surface area contributed by atoms with Crippen LogP contribution in [0.5, 0.6) is 5.75 Å². The largest absolute Gasteiger partial charge is 0.506 e. The number of anilines is 1. The van der Waals surface area contributed by atoms with E-state index in [2.05, 4.69) is 5.43 Å². The molecule has 1 aliphatic rings. The number of phenolic OH excluding ortho intramolecular Hbond substituents is 1. The number of allylic oxidation sites excluding steroid dienone is 2. The number of rotatable bonds is 5. The fourth-order valence-electron chi connectivity index (χ4n) is 2.51. The molecule has 1 aliphatic heterocycles. The van der Waals surface area contributed by atoms with Gasteiger partial charge in [0.05, 0.1) is 4.90 Å². The summed E-state index contributed by atoms with van der Waals surface area (Å²) in [5.74, 6) is -1.56. The Morgan fingerprint density at radius 2 is 1.70 bits per heavy atom. The van der Waals surface area contributed by atoms with Gasteiger partial charge in [-0.3, -0.25) is 0 Å². The number of quaternary nitrogens is 1. The molecule has 168 valence electrons. The summed E-state index contributed by atoms with van der Waals surface area (Å²) in [6, 6.07) is 1.27. The molecule has 0 spiro atoms. The molecule has 1 aromatic carbocycles. The number of sulfonamides is 1. The molecule has 0 bridgehead atoms. The number of nitrogens with zero attached hydrogens (tertiary/aromatic N) is 1. The van der Waals surface area contributed by atoms with E-state index in [9.17, 15) is 48.3 Å². The van der Waals surface area contributed by atoms with Gasteiger partial charge in [0, 0.05) is 0 Å². The van der Waals surface area contributed by atoms with Gasteiger partial charge < -0.3 is 5.11 Å². The van der Waals surface area contributed by atoms with E-state index < -0.39 is 69.7 Å². The highest BCUT2D eigenvalue weighted by Crippen LogP contribution is 2.38. The van der Waals surface area contributed by atoms with Crippen molar-refractivity contribution in [1.82, 2.24) is 0 Å². The lowest BCUT2D eigenvalue weighted by Crippen LogP contribution is -2.55. The average molecular weight is 481 g/mol. The van der Waals surface area contributed by atoms with Gasteiger partial charge in [-0.15, -0.1) is 0 Å². The van der Waals surface area contributed by atoms with E-state index in [0.29, 0.717) is 24.3 Å². The molecule has 1 heterocycles. The first-order chi connectivity index (χ1) is 13.5. The van der Waals surface area contributed by atoms with Crippen molar-refractivity contribution in [1.29, 1.82) is 0 Å². The zero-order valence-corrected chi connectivity index (χ0v) is 16.6. The van der Waals surface area contributed by atoms with Crippen LogP contribution >= 0.6 is 0 Å². The van der Waals surface area contributed by atoms with E-state index in [0.717, 1.165) is 13.0 Å². The molecule has 1 unspecified atom stereocenters. The van der Waals surface area contributed by atoms with E-state index in [1.54, 1.807) is 0 Å². The third kappa shape index (κ3) is 4.27. The van der Waals surface area contributed by atoms with Crippen LogP contribution in [-0.4, -0.2) is 49.9 Å². The van der Waals surface area contributed by atoms with Gasteiger partial charge in [-0.05, 0) is 37.3 Å². The summed E-state index contributed by atoms with van der Waals surface area (Å²) in [5.41, 5.74) is -5.83. The second-order valence-electron chi connectivity index (χ2n) is 6.07. The zero-order valence-electron chi connectivity index (χ0n) is 15.0. The van der Waals surface area contributed by atoms with E-state index in [4.69, 9.17) is 0 Å². The summed E-state index contributed by atoms with van der Waals surface area (Å²) in [7, 11) is -10.3. The Morgan fingerprint density at radius 3 is 2.20 bits per heavy atom. The van der Waals surface area contributed by atoms with Gasteiger partial charge in [0.15, 0.2) is 0 Å². The number of phenols is 1. The summed E-state index contributed by atoms with van der Waals surface area (Å²) < 4.78 is 125. The van der Waals surface area contributed by atoms with E-state index in [-0.39, 0.29) is 6.20 Å². The molecule has 2 N–H and O–H groups in total.